The minimum atomic E-state index is -2.22. The van der Waals surface area contributed by atoms with Crippen molar-refractivity contribution < 1.29 is 24.6 Å². The van der Waals surface area contributed by atoms with E-state index in [0.717, 1.165) is 0 Å². The SMILES string of the molecule is O=C(O)C(=O)C(Br)(Br)C(=O)O. The molecule has 0 aliphatic carbocycles. The second-order valence-electron chi connectivity index (χ2n) is 1.51. The minimum Gasteiger partial charge on any atom is -0.479 e. The monoisotopic (exact) mass is 288 g/mol. The molecule has 0 saturated carbocycles. The summed E-state index contributed by atoms with van der Waals surface area (Å²) in [5.74, 6) is -4.91. The van der Waals surface area contributed by atoms with Crippen LogP contribution in [0, 0.1) is 0 Å². The van der Waals surface area contributed by atoms with Gasteiger partial charge in [-0.1, -0.05) is 31.9 Å². The van der Waals surface area contributed by atoms with Crippen LogP contribution in [0.1, 0.15) is 0 Å². The average molecular weight is 290 g/mol. The van der Waals surface area contributed by atoms with Crippen LogP contribution in [0.5, 0.6) is 0 Å². The van der Waals surface area contributed by atoms with Crippen molar-refractivity contribution in [2.45, 2.75) is 3.23 Å². The standard InChI is InChI=1S/C4H2Br2O5/c5-4(6,3(10)11)1(7)2(8)9/h(H,8,9)(H,10,11). The number of ketones is 1. The Hall–Kier alpha value is -0.430. The van der Waals surface area contributed by atoms with Gasteiger partial charge in [-0.05, 0) is 0 Å². The largest absolute Gasteiger partial charge is 0.479 e. The molecule has 5 nitrogen and oxygen atoms in total. The Morgan fingerprint density at radius 2 is 1.45 bits per heavy atom. The molecule has 2 N–H and O–H groups in total. The van der Waals surface area contributed by atoms with Gasteiger partial charge in [0, 0.05) is 0 Å². The zero-order valence-electron chi connectivity index (χ0n) is 4.88. The number of halogens is 2. The molecule has 0 aromatic carbocycles. The van der Waals surface area contributed by atoms with Crippen molar-refractivity contribution in [1.29, 1.82) is 0 Å². The van der Waals surface area contributed by atoms with E-state index >= 15 is 0 Å². The Kier molecular flexibility index (Phi) is 3.18. The van der Waals surface area contributed by atoms with Gasteiger partial charge in [0.25, 0.3) is 5.78 Å². The third-order valence-electron chi connectivity index (χ3n) is 0.748. The van der Waals surface area contributed by atoms with Crippen LogP contribution in [0.3, 0.4) is 0 Å². The number of rotatable bonds is 3. The van der Waals surface area contributed by atoms with Crippen molar-refractivity contribution in [3.8, 4) is 0 Å². The van der Waals surface area contributed by atoms with Gasteiger partial charge >= 0.3 is 11.9 Å². The van der Waals surface area contributed by atoms with Crippen molar-refractivity contribution in [3.05, 3.63) is 0 Å². The molecule has 0 unspecified atom stereocenters. The van der Waals surface area contributed by atoms with Crippen LogP contribution in [-0.2, 0) is 14.4 Å². The number of alkyl halides is 2. The van der Waals surface area contributed by atoms with E-state index in [0.29, 0.717) is 0 Å². The zero-order chi connectivity index (χ0) is 9.23. The van der Waals surface area contributed by atoms with Crippen LogP contribution >= 0.6 is 31.9 Å². The molecule has 0 heterocycles. The summed E-state index contributed by atoms with van der Waals surface area (Å²) in [4.78, 5) is 30.7. The number of Topliss-reactive ketones (excluding diaryl/α,β-unsaturated/α-hetero) is 1. The van der Waals surface area contributed by atoms with Gasteiger partial charge in [-0.2, -0.15) is 0 Å². The number of carbonyl (C=O) groups excluding carboxylic acids is 1. The van der Waals surface area contributed by atoms with Crippen LogP contribution in [0.4, 0.5) is 0 Å². The zero-order valence-corrected chi connectivity index (χ0v) is 8.05. The van der Waals surface area contributed by atoms with Gasteiger partial charge in [0.1, 0.15) is 0 Å². The molecule has 11 heavy (non-hydrogen) atoms. The number of carboxylic acid groups (broad SMARTS) is 2. The van der Waals surface area contributed by atoms with Gasteiger partial charge in [0.05, 0.1) is 0 Å². The molecule has 0 aliphatic heterocycles. The first-order valence-corrected chi connectivity index (χ1v) is 3.77. The van der Waals surface area contributed by atoms with Gasteiger partial charge in [-0.15, -0.1) is 0 Å². The van der Waals surface area contributed by atoms with Gasteiger partial charge in [0.15, 0.2) is 0 Å². The summed E-state index contributed by atoms with van der Waals surface area (Å²) in [6, 6.07) is 0. The van der Waals surface area contributed by atoms with Crippen LogP contribution in [0.15, 0.2) is 0 Å². The number of carbonyl (C=O) groups is 3. The molecule has 0 aromatic heterocycles. The van der Waals surface area contributed by atoms with Gasteiger partial charge < -0.3 is 10.2 Å². The highest BCUT2D eigenvalue weighted by Gasteiger charge is 2.44. The van der Waals surface area contributed by atoms with Gasteiger partial charge in [0.2, 0.25) is 3.23 Å². The highest BCUT2D eigenvalue weighted by atomic mass is 79.9. The number of aliphatic carboxylic acids is 2. The Morgan fingerprint density at radius 3 is 1.55 bits per heavy atom. The van der Waals surface area contributed by atoms with E-state index in [1.807, 2.05) is 0 Å². The molecule has 0 fully saturated rings. The number of hydrogen-bond donors (Lipinski definition) is 2. The normalized spacial score (nSPS) is 10.7. The molecular formula is C4H2Br2O5. The van der Waals surface area contributed by atoms with Crippen LogP contribution in [0.2, 0.25) is 0 Å². The maximum atomic E-state index is 10.5. The topological polar surface area (TPSA) is 91.7 Å². The highest BCUT2D eigenvalue weighted by molar-refractivity contribution is 9.26. The summed E-state index contributed by atoms with van der Waals surface area (Å²) >= 11 is 4.80. The summed E-state index contributed by atoms with van der Waals surface area (Å²) in [6.07, 6.45) is 0. The van der Waals surface area contributed by atoms with Crippen LogP contribution in [0.25, 0.3) is 0 Å². The maximum Gasteiger partial charge on any atom is 0.375 e. The first kappa shape index (κ1) is 10.6. The number of carboxylic acids is 2. The van der Waals surface area contributed by atoms with Gasteiger partial charge in [-0.3, -0.25) is 4.79 Å². The Labute approximate surface area is 77.6 Å². The summed E-state index contributed by atoms with van der Waals surface area (Å²) in [6.45, 7) is 0. The van der Waals surface area contributed by atoms with E-state index in [1.54, 1.807) is 0 Å². The molecule has 7 heteroatoms. The lowest BCUT2D eigenvalue weighted by atomic mass is 10.3. The van der Waals surface area contributed by atoms with Crippen molar-refractivity contribution in [2.75, 3.05) is 0 Å². The van der Waals surface area contributed by atoms with E-state index in [1.165, 1.54) is 0 Å². The second-order valence-corrected chi connectivity index (χ2v) is 4.96. The van der Waals surface area contributed by atoms with Crippen molar-refractivity contribution in [3.63, 3.8) is 0 Å². The lowest BCUT2D eigenvalue weighted by molar-refractivity contribution is -0.152. The highest BCUT2D eigenvalue weighted by Crippen LogP contribution is 2.27. The quantitative estimate of drug-likeness (QED) is 0.440. The lowest BCUT2D eigenvalue weighted by Crippen LogP contribution is -2.39. The van der Waals surface area contributed by atoms with E-state index in [9.17, 15) is 14.4 Å². The fourth-order valence-electron chi connectivity index (χ4n) is 0.231. The van der Waals surface area contributed by atoms with Crippen LogP contribution < -0.4 is 0 Å². The molecule has 0 saturated heterocycles. The predicted octanol–water partition coefficient (Wildman–Crippen LogP) is 0.211. The Balaban J connectivity index is 4.70. The third kappa shape index (κ3) is 2.26. The molecule has 0 aliphatic rings. The van der Waals surface area contributed by atoms with Crippen molar-refractivity contribution >= 4 is 49.6 Å². The molecule has 0 atom stereocenters. The van der Waals surface area contributed by atoms with E-state index in [4.69, 9.17) is 10.2 Å². The average Bonchev–Trinajstić information content (AvgIpc) is 1.85. The molecule has 0 radical (unpaired) electrons. The fraction of sp³-hybridized carbons (Fsp3) is 0.250. The number of hydrogen-bond acceptors (Lipinski definition) is 3. The van der Waals surface area contributed by atoms with Crippen molar-refractivity contribution in [1.82, 2.24) is 0 Å². The van der Waals surface area contributed by atoms with E-state index < -0.39 is 21.0 Å². The smallest absolute Gasteiger partial charge is 0.375 e. The summed E-state index contributed by atoms with van der Waals surface area (Å²) in [7, 11) is 0. The van der Waals surface area contributed by atoms with Crippen LogP contribution in [-0.4, -0.2) is 31.2 Å². The molecule has 0 bridgehead atoms. The van der Waals surface area contributed by atoms with E-state index in [2.05, 4.69) is 31.9 Å². The fourth-order valence-corrected chi connectivity index (χ4v) is 0.571. The maximum absolute atomic E-state index is 10.5. The summed E-state index contributed by atoms with van der Waals surface area (Å²) < 4.78 is -2.22. The minimum absolute atomic E-state index is 1.48. The third-order valence-corrected chi connectivity index (χ3v) is 2.15. The van der Waals surface area contributed by atoms with Gasteiger partial charge in [-0.25, -0.2) is 9.59 Å². The Bertz CT molecular complexity index is 221. The first-order valence-electron chi connectivity index (χ1n) is 2.19. The molecule has 0 spiro atoms. The predicted molar refractivity (Wildman–Crippen MR) is 40.9 cm³/mol. The molecular weight excluding hydrogens is 288 g/mol. The molecule has 62 valence electrons. The second kappa shape index (κ2) is 3.31. The Morgan fingerprint density at radius 1 is 1.09 bits per heavy atom. The molecule has 0 rings (SSSR count). The lowest BCUT2D eigenvalue weighted by Gasteiger charge is -2.08. The summed E-state index contributed by atoms with van der Waals surface area (Å²) in [5, 5.41) is 16.4. The molecule has 0 aromatic rings. The molecule has 0 amide bonds. The summed E-state index contributed by atoms with van der Waals surface area (Å²) in [5.41, 5.74) is 0. The van der Waals surface area contributed by atoms with E-state index in [-0.39, 0.29) is 0 Å². The van der Waals surface area contributed by atoms with Crippen molar-refractivity contribution in [2.24, 2.45) is 0 Å². The first-order chi connectivity index (χ1) is 4.80.